The minimum atomic E-state index is -0.153. The van der Waals surface area contributed by atoms with Gasteiger partial charge in [0.2, 0.25) is 0 Å². The maximum Gasteiger partial charge on any atom is 0.251 e. The Labute approximate surface area is 190 Å². The van der Waals surface area contributed by atoms with Crippen LogP contribution >= 0.6 is 0 Å². The molecule has 32 heavy (non-hydrogen) atoms. The van der Waals surface area contributed by atoms with E-state index in [9.17, 15) is 4.79 Å². The molecule has 5 heteroatoms. The van der Waals surface area contributed by atoms with Gasteiger partial charge in [0.15, 0.2) is 0 Å². The molecule has 0 fully saturated rings. The van der Waals surface area contributed by atoms with Crippen molar-refractivity contribution in [1.29, 1.82) is 0 Å². The van der Waals surface area contributed by atoms with E-state index in [4.69, 9.17) is 14.2 Å². The molecule has 0 aliphatic rings. The summed E-state index contributed by atoms with van der Waals surface area (Å²) in [6, 6.07) is 21.0. The Morgan fingerprint density at radius 1 is 0.875 bits per heavy atom. The van der Waals surface area contributed by atoms with Gasteiger partial charge in [0.25, 0.3) is 5.91 Å². The highest BCUT2D eigenvalue weighted by molar-refractivity contribution is 5.94. The average molecular weight is 434 g/mol. The predicted molar refractivity (Wildman–Crippen MR) is 127 cm³/mol. The molecule has 0 atom stereocenters. The van der Waals surface area contributed by atoms with Crippen molar-refractivity contribution in [3.05, 3.63) is 89.0 Å². The largest absolute Gasteiger partial charge is 0.497 e. The van der Waals surface area contributed by atoms with Crippen molar-refractivity contribution in [2.45, 2.75) is 39.3 Å². The van der Waals surface area contributed by atoms with E-state index in [1.807, 2.05) is 48.5 Å². The summed E-state index contributed by atoms with van der Waals surface area (Å²) in [4.78, 5) is 12.7. The van der Waals surface area contributed by atoms with Crippen molar-refractivity contribution < 1.29 is 19.0 Å². The lowest BCUT2D eigenvalue weighted by Crippen LogP contribution is -2.23. The lowest BCUT2D eigenvalue weighted by molar-refractivity contribution is 0.0950. The Hall–Kier alpha value is -3.47. The molecule has 0 heterocycles. The van der Waals surface area contributed by atoms with E-state index >= 15 is 0 Å². The summed E-state index contributed by atoms with van der Waals surface area (Å²) in [5.74, 6) is 2.15. The van der Waals surface area contributed by atoms with Gasteiger partial charge < -0.3 is 19.5 Å². The molecule has 3 aromatic rings. The Bertz CT molecular complexity index is 1050. The van der Waals surface area contributed by atoms with Crippen molar-refractivity contribution in [2.75, 3.05) is 14.2 Å². The average Bonchev–Trinajstić information content (AvgIpc) is 2.80. The second-order valence-corrected chi connectivity index (χ2v) is 8.59. The molecule has 3 rings (SSSR count). The molecule has 0 unspecified atom stereocenters. The van der Waals surface area contributed by atoms with Gasteiger partial charge in [0.05, 0.1) is 14.2 Å². The number of para-hydroxylation sites is 1. The minimum absolute atomic E-state index is 0.0378. The summed E-state index contributed by atoms with van der Waals surface area (Å²) in [5, 5.41) is 2.96. The molecule has 168 valence electrons. The second kappa shape index (κ2) is 10.2. The quantitative estimate of drug-likeness (QED) is 0.509. The molecule has 1 N–H and O–H groups in total. The van der Waals surface area contributed by atoms with Gasteiger partial charge in [0, 0.05) is 17.7 Å². The van der Waals surface area contributed by atoms with Crippen LogP contribution in [0.2, 0.25) is 0 Å². The van der Waals surface area contributed by atoms with Crippen LogP contribution < -0.4 is 19.5 Å². The highest BCUT2D eigenvalue weighted by atomic mass is 16.5. The fourth-order valence-electron chi connectivity index (χ4n) is 3.43. The first kappa shape index (κ1) is 23.2. The van der Waals surface area contributed by atoms with E-state index < -0.39 is 0 Å². The van der Waals surface area contributed by atoms with Crippen molar-refractivity contribution >= 4 is 5.91 Å². The summed E-state index contributed by atoms with van der Waals surface area (Å²) in [6.45, 7) is 7.20. The summed E-state index contributed by atoms with van der Waals surface area (Å²) >= 11 is 0. The summed E-state index contributed by atoms with van der Waals surface area (Å²) in [6.07, 6.45) is 0. The number of amides is 1. The minimum Gasteiger partial charge on any atom is -0.497 e. The number of carbonyl (C=O) groups is 1. The fraction of sp³-hybridized carbons (Fsp3) is 0.296. The summed E-state index contributed by atoms with van der Waals surface area (Å²) in [7, 11) is 3.24. The lowest BCUT2D eigenvalue weighted by atomic mass is 9.86. The van der Waals surface area contributed by atoms with E-state index in [1.165, 1.54) is 0 Å². The number of benzene rings is 3. The molecule has 0 aromatic heterocycles. The zero-order valence-electron chi connectivity index (χ0n) is 19.4. The van der Waals surface area contributed by atoms with Gasteiger partial charge in [-0.1, -0.05) is 51.1 Å². The van der Waals surface area contributed by atoms with Gasteiger partial charge in [-0.15, -0.1) is 0 Å². The molecule has 0 aliphatic heterocycles. The van der Waals surface area contributed by atoms with Crippen LogP contribution in [0.3, 0.4) is 0 Å². The van der Waals surface area contributed by atoms with Crippen LogP contribution in [0.4, 0.5) is 0 Å². The third-order valence-electron chi connectivity index (χ3n) is 5.23. The normalized spacial score (nSPS) is 11.0. The Balaban J connectivity index is 1.72. The molecule has 5 nitrogen and oxygen atoms in total. The molecule has 0 saturated heterocycles. The molecule has 0 aliphatic carbocycles. The number of ether oxygens (including phenoxy) is 3. The number of carbonyl (C=O) groups excluding carboxylic acids is 1. The number of hydrogen-bond acceptors (Lipinski definition) is 4. The van der Waals surface area contributed by atoms with Crippen molar-refractivity contribution in [3.63, 3.8) is 0 Å². The van der Waals surface area contributed by atoms with Gasteiger partial charge >= 0.3 is 0 Å². The van der Waals surface area contributed by atoms with E-state index in [0.717, 1.165) is 28.2 Å². The van der Waals surface area contributed by atoms with Gasteiger partial charge in [-0.05, 0) is 52.9 Å². The topological polar surface area (TPSA) is 56.8 Å². The maximum absolute atomic E-state index is 12.7. The first-order chi connectivity index (χ1) is 15.3. The molecular weight excluding hydrogens is 402 g/mol. The van der Waals surface area contributed by atoms with Crippen LogP contribution in [-0.4, -0.2) is 20.1 Å². The van der Waals surface area contributed by atoms with Gasteiger partial charge in [-0.2, -0.15) is 0 Å². The third kappa shape index (κ3) is 5.82. The van der Waals surface area contributed by atoms with Crippen molar-refractivity contribution in [3.8, 4) is 17.2 Å². The van der Waals surface area contributed by atoms with E-state index in [-0.39, 0.29) is 11.3 Å². The first-order valence-electron chi connectivity index (χ1n) is 10.6. The van der Waals surface area contributed by atoms with E-state index in [2.05, 4.69) is 32.2 Å². The lowest BCUT2D eigenvalue weighted by Gasteiger charge is -2.23. The smallest absolute Gasteiger partial charge is 0.251 e. The highest BCUT2D eigenvalue weighted by Crippen LogP contribution is 2.32. The second-order valence-electron chi connectivity index (χ2n) is 8.59. The highest BCUT2D eigenvalue weighted by Gasteiger charge is 2.19. The van der Waals surface area contributed by atoms with E-state index in [0.29, 0.717) is 24.5 Å². The standard InChI is InChI=1S/C27H31NO4/c1-27(2,3)23-8-6-7-9-25(23)32-18-21-16-20(12-15-24(21)31-5)26(29)28-17-19-10-13-22(30-4)14-11-19/h6-16H,17-18H2,1-5H3,(H,28,29). The Morgan fingerprint density at radius 2 is 1.59 bits per heavy atom. The molecular formula is C27H31NO4. The Morgan fingerprint density at radius 3 is 2.25 bits per heavy atom. The van der Waals surface area contributed by atoms with Crippen molar-refractivity contribution in [1.82, 2.24) is 5.32 Å². The van der Waals surface area contributed by atoms with E-state index in [1.54, 1.807) is 26.4 Å². The van der Waals surface area contributed by atoms with Gasteiger partial charge in [-0.25, -0.2) is 0 Å². The number of rotatable bonds is 8. The predicted octanol–water partition coefficient (Wildman–Crippen LogP) is 5.51. The molecule has 0 spiro atoms. The fourth-order valence-corrected chi connectivity index (χ4v) is 3.43. The number of hydrogen-bond donors (Lipinski definition) is 1. The van der Waals surface area contributed by atoms with Crippen LogP contribution in [0.25, 0.3) is 0 Å². The number of methoxy groups -OCH3 is 2. The molecule has 0 bridgehead atoms. The molecule has 1 amide bonds. The molecule has 0 radical (unpaired) electrons. The third-order valence-corrected chi connectivity index (χ3v) is 5.23. The monoisotopic (exact) mass is 433 g/mol. The summed E-state index contributed by atoms with van der Waals surface area (Å²) < 4.78 is 16.8. The molecule has 0 saturated carbocycles. The molecule has 3 aromatic carbocycles. The van der Waals surface area contributed by atoms with Crippen LogP contribution in [0, 0.1) is 0 Å². The van der Waals surface area contributed by atoms with Crippen LogP contribution in [-0.2, 0) is 18.6 Å². The SMILES string of the molecule is COc1ccc(CNC(=O)c2ccc(OC)c(COc3ccccc3C(C)(C)C)c2)cc1. The maximum atomic E-state index is 12.7. The van der Waals surface area contributed by atoms with Gasteiger partial charge in [0.1, 0.15) is 23.9 Å². The van der Waals surface area contributed by atoms with Crippen LogP contribution in [0.15, 0.2) is 66.7 Å². The first-order valence-corrected chi connectivity index (χ1v) is 10.6. The zero-order chi connectivity index (χ0) is 23.1. The van der Waals surface area contributed by atoms with Crippen molar-refractivity contribution in [2.24, 2.45) is 0 Å². The Kier molecular flexibility index (Phi) is 7.41. The number of nitrogens with one attached hydrogen (secondary N) is 1. The zero-order valence-corrected chi connectivity index (χ0v) is 19.4. The van der Waals surface area contributed by atoms with Gasteiger partial charge in [-0.3, -0.25) is 4.79 Å². The van der Waals surface area contributed by atoms with Crippen LogP contribution in [0.1, 0.15) is 47.8 Å². The summed E-state index contributed by atoms with van der Waals surface area (Å²) in [5.41, 5.74) is 3.46. The van der Waals surface area contributed by atoms with Crippen LogP contribution in [0.5, 0.6) is 17.2 Å².